The Morgan fingerprint density at radius 3 is 2.79 bits per heavy atom. The van der Waals surface area contributed by atoms with E-state index in [1.165, 1.54) is 46.0 Å². The summed E-state index contributed by atoms with van der Waals surface area (Å²) in [7, 11) is 0. The number of nitrogens with one attached hydrogen (secondary N) is 1. The SMILES string of the molecule is O=C(Nc1ccc2c(c1)CN(Cc1nc3c(s1)CCCC3)CC2)c1ccncc1. The molecule has 0 spiro atoms. The third-order valence-electron chi connectivity index (χ3n) is 5.75. The smallest absolute Gasteiger partial charge is 0.255 e. The number of amides is 1. The van der Waals surface area contributed by atoms with Crippen LogP contribution < -0.4 is 5.32 Å². The van der Waals surface area contributed by atoms with Gasteiger partial charge < -0.3 is 5.32 Å². The van der Waals surface area contributed by atoms with E-state index >= 15 is 0 Å². The Labute approximate surface area is 174 Å². The van der Waals surface area contributed by atoms with E-state index in [0.717, 1.165) is 38.2 Å². The van der Waals surface area contributed by atoms with Gasteiger partial charge in [0.15, 0.2) is 0 Å². The molecule has 0 unspecified atom stereocenters. The minimum absolute atomic E-state index is 0.103. The topological polar surface area (TPSA) is 58.1 Å². The molecule has 6 heteroatoms. The number of benzene rings is 1. The number of aromatic nitrogens is 2. The van der Waals surface area contributed by atoms with Gasteiger partial charge in [-0.05, 0) is 67.5 Å². The summed E-state index contributed by atoms with van der Waals surface area (Å²) in [6, 6.07) is 9.72. The average Bonchev–Trinajstić information content (AvgIpc) is 3.16. The molecule has 0 atom stereocenters. The van der Waals surface area contributed by atoms with Crippen molar-refractivity contribution in [1.82, 2.24) is 14.9 Å². The maximum atomic E-state index is 12.4. The number of pyridine rings is 1. The van der Waals surface area contributed by atoms with E-state index in [2.05, 4.69) is 27.3 Å². The lowest BCUT2D eigenvalue weighted by Crippen LogP contribution is -2.30. The second-order valence-corrected chi connectivity index (χ2v) is 8.99. The number of hydrogen-bond acceptors (Lipinski definition) is 5. The molecule has 2 aromatic heterocycles. The van der Waals surface area contributed by atoms with Crippen LogP contribution >= 0.6 is 11.3 Å². The lowest BCUT2D eigenvalue weighted by molar-refractivity contribution is 0.102. The summed E-state index contributed by atoms with van der Waals surface area (Å²) >= 11 is 1.90. The number of carbonyl (C=O) groups is 1. The zero-order chi connectivity index (χ0) is 19.6. The van der Waals surface area contributed by atoms with Crippen molar-refractivity contribution >= 4 is 22.9 Å². The van der Waals surface area contributed by atoms with Crippen molar-refractivity contribution in [2.24, 2.45) is 0 Å². The van der Waals surface area contributed by atoms with E-state index in [4.69, 9.17) is 4.98 Å². The van der Waals surface area contributed by atoms with Gasteiger partial charge in [-0.3, -0.25) is 14.7 Å². The summed E-state index contributed by atoms with van der Waals surface area (Å²) in [5.41, 5.74) is 5.48. The summed E-state index contributed by atoms with van der Waals surface area (Å²) in [6.45, 7) is 2.88. The predicted molar refractivity (Wildman–Crippen MR) is 115 cm³/mol. The van der Waals surface area contributed by atoms with Crippen LogP contribution in [0.2, 0.25) is 0 Å². The Kier molecular flexibility index (Phi) is 5.12. The molecule has 0 radical (unpaired) electrons. The van der Waals surface area contributed by atoms with E-state index in [0.29, 0.717) is 5.56 Å². The van der Waals surface area contributed by atoms with Gasteiger partial charge in [0.1, 0.15) is 5.01 Å². The number of anilines is 1. The Balaban J connectivity index is 1.27. The fourth-order valence-electron chi connectivity index (χ4n) is 4.20. The van der Waals surface area contributed by atoms with Crippen LogP contribution in [0.25, 0.3) is 0 Å². The van der Waals surface area contributed by atoms with Crippen LogP contribution in [-0.2, 0) is 32.4 Å². The quantitative estimate of drug-likeness (QED) is 0.707. The van der Waals surface area contributed by atoms with Crippen LogP contribution in [0, 0.1) is 0 Å². The van der Waals surface area contributed by atoms with Crippen LogP contribution in [0.15, 0.2) is 42.7 Å². The van der Waals surface area contributed by atoms with Gasteiger partial charge in [-0.2, -0.15) is 0 Å². The monoisotopic (exact) mass is 404 g/mol. The molecule has 3 aromatic rings. The molecule has 0 fully saturated rings. The second kappa shape index (κ2) is 8.05. The highest BCUT2D eigenvalue weighted by molar-refractivity contribution is 7.11. The summed E-state index contributed by atoms with van der Waals surface area (Å²) in [6.07, 6.45) is 9.25. The van der Waals surface area contributed by atoms with Gasteiger partial charge in [-0.1, -0.05) is 6.07 Å². The number of hydrogen-bond donors (Lipinski definition) is 1. The lowest BCUT2D eigenvalue weighted by atomic mass is 9.99. The third kappa shape index (κ3) is 4.09. The Morgan fingerprint density at radius 2 is 1.93 bits per heavy atom. The van der Waals surface area contributed by atoms with E-state index in [1.807, 2.05) is 17.4 Å². The maximum Gasteiger partial charge on any atom is 0.255 e. The highest BCUT2D eigenvalue weighted by atomic mass is 32.1. The van der Waals surface area contributed by atoms with Crippen molar-refractivity contribution < 1.29 is 4.79 Å². The molecule has 5 nitrogen and oxygen atoms in total. The van der Waals surface area contributed by atoms with Gasteiger partial charge in [0.25, 0.3) is 5.91 Å². The van der Waals surface area contributed by atoms with E-state index in [1.54, 1.807) is 24.5 Å². The van der Waals surface area contributed by atoms with Gasteiger partial charge in [0.2, 0.25) is 0 Å². The first-order chi connectivity index (χ1) is 14.2. The van der Waals surface area contributed by atoms with Crippen molar-refractivity contribution in [3.05, 3.63) is 75.0 Å². The molecule has 0 saturated heterocycles. The summed E-state index contributed by atoms with van der Waals surface area (Å²) in [5, 5.41) is 4.26. The maximum absolute atomic E-state index is 12.4. The molecule has 3 heterocycles. The lowest BCUT2D eigenvalue weighted by Gasteiger charge is -2.28. The molecule has 1 amide bonds. The standard InChI is InChI=1S/C23H24N4OS/c28-23(17-7-10-24-11-8-17)25-19-6-5-16-9-12-27(14-18(16)13-19)15-22-26-20-3-1-2-4-21(20)29-22/h5-8,10-11,13H,1-4,9,12,14-15H2,(H,25,28). The largest absolute Gasteiger partial charge is 0.322 e. The van der Waals surface area contributed by atoms with Crippen LogP contribution in [0.3, 0.4) is 0 Å². The predicted octanol–water partition coefficient (Wildman–Crippen LogP) is 4.23. The van der Waals surface area contributed by atoms with E-state index in [9.17, 15) is 4.79 Å². The molecule has 1 aromatic carbocycles. The Morgan fingerprint density at radius 1 is 1.07 bits per heavy atom. The first kappa shape index (κ1) is 18.5. The number of thiazole rings is 1. The summed E-state index contributed by atoms with van der Waals surface area (Å²) < 4.78 is 0. The Hall–Kier alpha value is -2.57. The van der Waals surface area contributed by atoms with Gasteiger partial charge in [0, 0.05) is 41.6 Å². The van der Waals surface area contributed by atoms with Gasteiger partial charge >= 0.3 is 0 Å². The molecule has 5 rings (SSSR count). The Bertz CT molecular complexity index is 1010. The molecule has 1 aliphatic carbocycles. The molecule has 29 heavy (non-hydrogen) atoms. The first-order valence-electron chi connectivity index (χ1n) is 10.3. The highest BCUT2D eigenvalue weighted by Gasteiger charge is 2.20. The molecule has 0 bridgehead atoms. The van der Waals surface area contributed by atoms with Crippen molar-refractivity contribution in [1.29, 1.82) is 0 Å². The van der Waals surface area contributed by atoms with Crippen molar-refractivity contribution in [3.8, 4) is 0 Å². The number of rotatable bonds is 4. The number of nitrogens with zero attached hydrogens (tertiary/aromatic N) is 3. The molecule has 0 saturated carbocycles. The first-order valence-corrected chi connectivity index (χ1v) is 11.1. The highest BCUT2D eigenvalue weighted by Crippen LogP contribution is 2.29. The van der Waals surface area contributed by atoms with Gasteiger partial charge in [-0.25, -0.2) is 4.98 Å². The zero-order valence-electron chi connectivity index (χ0n) is 16.4. The third-order valence-corrected chi connectivity index (χ3v) is 6.89. The number of aryl methyl sites for hydroxylation is 2. The normalized spacial score (nSPS) is 16.1. The van der Waals surface area contributed by atoms with Crippen molar-refractivity contribution in [2.45, 2.75) is 45.2 Å². The van der Waals surface area contributed by atoms with Crippen LogP contribution in [0.5, 0.6) is 0 Å². The van der Waals surface area contributed by atoms with Gasteiger partial charge in [0.05, 0.1) is 12.2 Å². The molecule has 2 aliphatic rings. The summed E-state index contributed by atoms with van der Waals surface area (Å²) in [5.74, 6) is -0.103. The fourth-order valence-corrected chi connectivity index (χ4v) is 5.40. The van der Waals surface area contributed by atoms with Crippen molar-refractivity contribution in [3.63, 3.8) is 0 Å². The molecule has 1 N–H and O–H groups in total. The molecular formula is C23H24N4OS. The number of carbonyl (C=O) groups excluding carboxylic acids is 1. The van der Waals surface area contributed by atoms with Crippen molar-refractivity contribution in [2.75, 3.05) is 11.9 Å². The van der Waals surface area contributed by atoms with Gasteiger partial charge in [-0.15, -0.1) is 11.3 Å². The summed E-state index contributed by atoms with van der Waals surface area (Å²) in [4.78, 5) is 25.3. The minimum atomic E-state index is -0.103. The minimum Gasteiger partial charge on any atom is -0.322 e. The molecular weight excluding hydrogens is 380 g/mol. The van der Waals surface area contributed by atoms with Crippen LogP contribution in [0.1, 0.15) is 49.9 Å². The zero-order valence-corrected chi connectivity index (χ0v) is 17.2. The second-order valence-electron chi connectivity index (χ2n) is 7.82. The molecule has 148 valence electrons. The van der Waals surface area contributed by atoms with Crippen LogP contribution in [-0.4, -0.2) is 27.3 Å². The fraction of sp³-hybridized carbons (Fsp3) is 0.348. The molecule has 1 aliphatic heterocycles. The van der Waals surface area contributed by atoms with E-state index < -0.39 is 0 Å². The van der Waals surface area contributed by atoms with Crippen LogP contribution in [0.4, 0.5) is 5.69 Å². The number of fused-ring (bicyclic) bond motifs is 2. The average molecular weight is 405 g/mol. The van der Waals surface area contributed by atoms with E-state index in [-0.39, 0.29) is 5.91 Å².